The maximum absolute atomic E-state index is 5.01. The van der Waals surface area contributed by atoms with E-state index in [9.17, 15) is 0 Å². The van der Waals surface area contributed by atoms with Crippen LogP contribution in [0, 0.1) is 0 Å². The topological polar surface area (TPSA) is 56.4 Å². The van der Waals surface area contributed by atoms with Crippen LogP contribution < -0.4 is 0 Å². The zero-order chi connectivity index (χ0) is 18.0. The van der Waals surface area contributed by atoms with Crippen molar-refractivity contribution in [2.45, 2.75) is 0 Å². The van der Waals surface area contributed by atoms with Crippen molar-refractivity contribution in [2.75, 3.05) is 56.4 Å². The van der Waals surface area contributed by atoms with Crippen LogP contribution in [-0.4, -0.2) is 56.4 Å². The molecule has 0 amide bonds. The fraction of sp³-hybridized carbons (Fsp3) is 1.00. The molecule has 0 fully saturated rings. The summed E-state index contributed by atoms with van der Waals surface area (Å²) >= 11 is -4.35. The Balaban J connectivity index is -0.0000000296. The summed E-state index contributed by atoms with van der Waals surface area (Å²) in [5, 5.41) is 14.0. The van der Waals surface area contributed by atoms with E-state index >= 15 is 0 Å². The number of halogens is 6. The van der Waals surface area contributed by atoms with Crippen molar-refractivity contribution in [3.8, 4) is 0 Å². The van der Waals surface area contributed by atoms with Gasteiger partial charge in [0.15, 0.2) is 0 Å². The molecule has 0 spiro atoms. The van der Waals surface area contributed by atoms with Gasteiger partial charge in [0.25, 0.3) is 0 Å². The van der Waals surface area contributed by atoms with Gasteiger partial charge < -0.3 is 21.3 Å². The normalized spacial score (nSPS) is 7.20. The summed E-state index contributed by atoms with van der Waals surface area (Å²) in [6.45, 7) is 0. The molecule has 0 N–H and O–H groups in total. The Kier molecular flexibility index (Phi) is 111. The van der Waals surface area contributed by atoms with E-state index in [1.165, 1.54) is 0 Å². The van der Waals surface area contributed by atoms with Crippen LogP contribution in [0.25, 0.3) is 21.3 Å². The summed E-state index contributed by atoms with van der Waals surface area (Å²) in [4.78, 5) is 0. The fourth-order valence-corrected chi connectivity index (χ4v) is 0. The molecule has 132 valence electrons. The number of rotatable bonds is 0. The molecule has 0 atom stereocenters. The zero-order valence-electron chi connectivity index (χ0n) is 13.0. The third-order valence-corrected chi connectivity index (χ3v) is 0. The quantitative estimate of drug-likeness (QED) is 0.268. The summed E-state index contributed by atoms with van der Waals surface area (Å²) in [6.07, 6.45) is 0. The first-order valence-corrected chi connectivity index (χ1v) is 28.5. The third-order valence-electron chi connectivity index (χ3n) is 0. The Morgan fingerprint density at radius 1 is 0.400 bits per heavy atom. The Hall–Kier alpha value is 3.06. The van der Waals surface area contributed by atoms with Crippen LogP contribution in [0.15, 0.2) is 0 Å². The Labute approximate surface area is 161 Å². The van der Waals surface area contributed by atoms with Gasteiger partial charge in [-0.05, 0) is 0 Å². The first kappa shape index (κ1) is 38.6. The summed E-state index contributed by atoms with van der Waals surface area (Å²) in [6, 6.07) is 0. The maximum atomic E-state index is 5.01. The molecule has 0 aromatic rings. The number of hydrogen-bond acceptors (Lipinski definition) is 0. The van der Waals surface area contributed by atoms with Crippen molar-refractivity contribution in [2.24, 2.45) is 0 Å². The van der Waals surface area contributed by atoms with Crippen LogP contribution in [0.1, 0.15) is 0 Å². The summed E-state index contributed by atoms with van der Waals surface area (Å²) in [7, 11) is 44.1. The number of hydrogen-bond donors (Lipinski definition) is 0. The van der Waals surface area contributed by atoms with E-state index < -0.39 is 30.4 Å². The standard InChI is InChI=1S/4C2H6N.6ClH.2Ta/c4*1-3-2;;;;;;;;/h4*1-2H3;6*1H;;/q4*-1;;;;;;;2*+3/p-6. The second kappa shape index (κ2) is 57.4. The molecule has 0 bridgehead atoms. The Bertz CT molecular complexity index is 79.9. The van der Waals surface area contributed by atoms with E-state index in [-0.39, 0.29) is 0 Å². The molecule has 0 saturated carbocycles. The van der Waals surface area contributed by atoms with Gasteiger partial charge in [0.2, 0.25) is 0 Å². The first-order valence-electron chi connectivity index (χ1n) is 4.59. The molecule has 0 aromatic carbocycles. The molecule has 0 heterocycles. The molecule has 20 heavy (non-hydrogen) atoms. The SMILES string of the molecule is C[N-]C.C[N-]C.C[N-]C.C[N-]C.[Cl][Ta]([Cl])[Cl].[Cl][Ta]([Cl])[Cl]. The van der Waals surface area contributed by atoms with Gasteiger partial charge in [-0.25, -0.2) is 0 Å². The molecular weight excluding hydrogens is 727 g/mol. The Morgan fingerprint density at radius 2 is 0.400 bits per heavy atom. The van der Waals surface area contributed by atoms with Crippen molar-refractivity contribution in [3.05, 3.63) is 21.3 Å². The molecule has 0 aliphatic heterocycles. The van der Waals surface area contributed by atoms with Crippen molar-refractivity contribution >= 4 is 55.1 Å². The van der Waals surface area contributed by atoms with Gasteiger partial charge in [0, 0.05) is 0 Å². The van der Waals surface area contributed by atoms with Crippen LogP contribution >= 0.6 is 55.1 Å². The van der Waals surface area contributed by atoms with Gasteiger partial charge in [-0.3, -0.25) is 0 Å². The second-order valence-electron chi connectivity index (χ2n) is 2.17. The average Bonchev–Trinajstić information content (AvgIpc) is 2.18. The molecule has 0 radical (unpaired) electrons. The minimum atomic E-state index is -2.18. The van der Waals surface area contributed by atoms with Gasteiger partial charge in [0.1, 0.15) is 0 Å². The van der Waals surface area contributed by atoms with Crippen LogP contribution in [0.2, 0.25) is 0 Å². The molecule has 4 nitrogen and oxygen atoms in total. The monoisotopic (exact) mass is 748 g/mol. The van der Waals surface area contributed by atoms with E-state index in [2.05, 4.69) is 21.3 Å². The van der Waals surface area contributed by atoms with E-state index in [0.717, 1.165) is 0 Å². The predicted molar refractivity (Wildman–Crippen MR) is 95.9 cm³/mol. The van der Waals surface area contributed by atoms with Crippen LogP contribution in [0.4, 0.5) is 0 Å². The third kappa shape index (κ3) is 905. The van der Waals surface area contributed by atoms with Gasteiger partial charge >= 0.3 is 85.5 Å². The fourth-order valence-electron chi connectivity index (χ4n) is 0. The van der Waals surface area contributed by atoms with Crippen LogP contribution in [-0.2, 0) is 30.4 Å². The molecular formula is C8H24Cl6N4Ta2-4. The van der Waals surface area contributed by atoms with E-state index in [1.54, 1.807) is 56.4 Å². The molecule has 0 aliphatic carbocycles. The Morgan fingerprint density at radius 3 is 0.400 bits per heavy atom. The van der Waals surface area contributed by atoms with E-state index in [1.807, 2.05) is 0 Å². The molecule has 0 unspecified atom stereocenters. The molecule has 0 aromatic heterocycles. The van der Waals surface area contributed by atoms with Crippen LogP contribution in [0.3, 0.4) is 0 Å². The van der Waals surface area contributed by atoms with Gasteiger partial charge in [-0.15, -0.1) is 0 Å². The molecule has 0 saturated heterocycles. The minimum absolute atomic E-state index is 1.75. The molecule has 0 rings (SSSR count). The zero-order valence-corrected chi connectivity index (χ0v) is 23.9. The van der Waals surface area contributed by atoms with Crippen LogP contribution in [0.5, 0.6) is 0 Å². The van der Waals surface area contributed by atoms with E-state index in [4.69, 9.17) is 55.1 Å². The summed E-state index contributed by atoms with van der Waals surface area (Å²) < 4.78 is 0. The summed E-state index contributed by atoms with van der Waals surface area (Å²) in [5.41, 5.74) is 0. The molecule has 12 heteroatoms. The van der Waals surface area contributed by atoms with E-state index in [0.29, 0.717) is 0 Å². The van der Waals surface area contributed by atoms with Crippen molar-refractivity contribution in [1.29, 1.82) is 0 Å². The summed E-state index contributed by atoms with van der Waals surface area (Å²) in [5.74, 6) is 0. The second-order valence-corrected chi connectivity index (χ2v) is 30.0. The van der Waals surface area contributed by atoms with Crippen molar-refractivity contribution in [3.63, 3.8) is 0 Å². The van der Waals surface area contributed by atoms with Crippen molar-refractivity contribution < 1.29 is 30.4 Å². The van der Waals surface area contributed by atoms with Gasteiger partial charge in [-0.2, -0.15) is 56.4 Å². The first-order chi connectivity index (χ1) is 9.12. The molecule has 0 aliphatic rings. The predicted octanol–water partition coefficient (Wildman–Crippen LogP) is 6.61. The van der Waals surface area contributed by atoms with Crippen molar-refractivity contribution in [1.82, 2.24) is 0 Å². The van der Waals surface area contributed by atoms with Gasteiger partial charge in [0.05, 0.1) is 0 Å². The number of nitrogens with zero attached hydrogens (tertiary/aromatic N) is 4. The van der Waals surface area contributed by atoms with Gasteiger partial charge in [-0.1, -0.05) is 0 Å². The average molecular weight is 751 g/mol.